The Labute approximate surface area is 179 Å². The number of carbonyl (C=O) groups is 2. The van der Waals surface area contributed by atoms with E-state index in [4.69, 9.17) is 0 Å². The van der Waals surface area contributed by atoms with Crippen LogP contribution in [0.3, 0.4) is 0 Å². The van der Waals surface area contributed by atoms with Gasteiger partial charge in [-0.15, -0.1) is 11.3 Å². The fraction of sp³-hybridized carbons (Fsp3) is 0.476. The fourth-order valence-electron chi connectivity index (χ4n) is 2.90. The fourth-order valence-corrected chi connectivity index (χ4v) is 3.75. The van der Waals surface area contributed by atoms with Crippen LogP contribution in [0.25, 0.3) is 0 Å². The van der Waals surface area contributed by atoms with Crippen molar-refractivity contribution in [2.24, 2.45) is 0 Å². The van der Waals surface area contributed by atoms with Crippen LogP contribution in [0.15, 0.2) is 24.4 Å². The Hall–Kier alpha value is -2.39. The van der Waals surface area contributed by atoms with Crippen LogP contribution >= 0.6 is 11.3 Å². The van der Waals surface area contributed by atoms with Crippen LogP contribution < -0.4 is 16.0 Å². The second-order valence-electron chi connectivity index (χ2n) is 7.10. The number of rotatable bonds is 11. The van der Waals surface area contributed by atoms with Crippen molar-refractivity contribution in [2.75, 3.05) is 11.9 Å². The van der Waals surface area contributed by atoms with Crippen LogP contribution in [-0.2, 0) is 16.0 Å². The number of hydrogen-bond donors (Lipinski definition) is 3. The third-order valence-corrected chi connectivity index (χ3v) is 5.49. The molecule has 1 aromatic carbocycles. The first kappa shape index (κ1) is 23.9. The molecule has 0 bridgehead atoms. The minimum Gasteiger partial charge on any atom is -0.344 e. The maximum atomic E-state index is 13.3. The number of carbonyl (C=O) groups excluding carboxylic acids is 2. The van der Waals surface area contributed by atoms with Crippen molar-refractivity contribution in [1.82, 2.24) is 15.6 Å². The van der Waals surface area contributed by atoms with Crippen LogP contribution in [0, 0.1) is 11.6 Å². The van der Waals surface area contributed by atoms with Gasteiger partial charge in [0.2, 0.25) is 11.8 Å². The molecule has 0 saturated heterocycles. The number of anilines is 1. The van der Waals surface area contributed by atoms with Gasteiger partial charge in [-0.1, -0.05) is 20.3 Å². The molecule has 0 aliphatic heterocycles. The number of thiazole rings is 1. The molecule has 6 nitrogen and oxygen atoms in total. The molecule has 1 aromatic heterocycles. The van der Waals surface area contributed by atoms with E-state index in [1.807, 2.05) is 13.8 Å². The highest BCUT2D eigenvalue weighted by Crippen LogP contribution is 2.24. The quantitative estimate of drug-likeness (QED) is 0.496. The van der Waals surface area contributed by atoms with Crippen molar-refractivity contribution in [3.05, 3.63) is 46.5 Å². The third kappa shape index (κ3) is 7.46. The van der Waals surface area contributed by atoms with Crippen molar-refractivity contribution in [1.29, 1.82) is 0 Å². The van der Waals surface area contributed by atoms with Gasteiger partial charge in [0.05, 0.1) is 6.42 Å². The molecule has 2 aromatic rings. The molecular formula is C21H28F2N4O2S. The number of benzene rings is 1. The summed E-state index contributed by atoms with van der Waals surface area (Å²) in [6.45, 7) is 6.91. The van der Waals surface area contributed by atoms with Crippen LogP contribution in [0.5, 0.6) is 0 Å². The van der Waals surface area contributed by atoms with E-state index >= 15 is 0 Å². The normalized spacial score (nSPS) is 13.0. The van der Waals surface area contributed by atoms with Crippen molar-refractivity contribution < 1.29 is 18.4 Å². The molecular weight excluding hydrogens is 410 g/mol. The predicted octanol–water partition coefficient (Wildman–Crippen LogP) is 3.95. The van der Waals surface area contributed by atoms with Gasteiger partial charge in [-0.05, 0) is 44.0 Å². The summed E-state index contributed by atoms with van der Waals surface area (Å²) >= 11 is 1.38. The van der Waals surface area contributed by atoms with E-state index in [-0.39, 0.29) is 23.9 Å². The van der Waals surface area contributed by atoms with Crippen LogP contribution in [-0.4, -0.2) is 29.4 Å². The van der Waals surface area contributed by atoms with Gasteiger partial charge in [0.25, 0.3) is 0 Å². The van der Waals surface area contributed by atoms with Crippen molar-refractivity contribution in [3.63, 3.8) is 0 Å². The Kier molecular flexibility index (Phi) is 9.32. The van der Waals surface area contributed by atoms with Crippen molar-refractivity contribution in [2.45, 2.75) is 58.5 Å². The Morgan fingerprint density at radius 2 is 1.83 bits per heavy atom. The minimum atomic E-state index is -0.760. The van der Waals surface area contributed by atoms with Gasteiger partial charge in [-0.25, -0.2) is 13.8 Å². The molecule has 2 amide bonds. The smallest absolute Gasteiger partial charge is 0.248 e. The van der Waals surface area contributed by atoms with Gasteiger partial charge in [-0.2, -0.15) is 0 Å². The maximum absolute atomic E-state index is 13.3. The lowest BCUT2D eigenvalue weighted by atomic mass is 10.1. The lowest BCUT2D eigenvalue weighted by Gasteiger charge is -2.17. The molecule has 3 N–H and O–H groups in total. The van der Waals surface area contributed by atoms with Crippen LogP contribution in [0.2, 0.25) is 0 Å². The molecule has 2 atom stereocenters. The Bertz CT molecular complexity index is 839. The summed E-state index contributed by atoms with van der Waals surface area (Å²) in [5, 5.41) is 9.23. The van der Waals surface area contributed by atoms with Gasteiger partial charge >= 0.3 is 0 Å². The standard InChI is InChI=1S/C21H28F2N4O2S/c1-4-6-17(26-19(28)10-14-8-15(22)11-16(23)9-14)20(29)27-21-25-12-18(30-21)13(3)24-7-5-2/h8-9,11-13,17,24H,4-7,10H2,1-3H3,(H,26,28)(H,25,27,29)/t13?,17-/m0/s1. The Balaban J connectivity index is 1.97. The summed E-state index contributed by atoms with van der Waals surface area (Å²) in [5.74, 6) is -2.35. The number of aromatic nitrogens is 1. The Morgan fingerprint density at radius 3 is 2.47 bits per heavy atom. The van der Waals surface area contributed by atoms with E-state index < -0.39 is 23.6 Å². The monoisotopic (exact) mass is 438 g/mol. The summed E-state index contributed by atoms with van der Waals surface area (Å²) in [7, 11) is 0. The first-order valence-corrected chi connectivity index (χ1v) is 10.9. The number of nitrogens with one attached hydrogen (secondary N) is 3. The van der Waals surface area contributed by atoms with Gasteiger partial charge in [0.15, 0.2) is 5.13 Å². The van der Waals surface area contributed by atoms with Crippen molar-refractivity contribution in [3.8, 4) is 0 Å². The zero-order chi connectivity index (χ0) is 22.1. The molecule has 0 saturated carbocycles. The molecule has 9 heteroatoms. The molecule has 1 unspecified atom stereocenters. The Morgan fingerprint density at radius 1 is 1.13 bits per heavy atom. The number of amides is 2. The molecule has 0 fully saturated rings. The first-order valence-electron chi connectivity index (χ1n) is 10.1. The summed E-state index contributed by atoms with van der Waals surface area (Å²) in [4.78, 5) is 30.2. The third-order valence-electron chi connectivity index (χ3n) is 4.40. The highest BCUT2D eigenvalue weighted by Gasteiger charge is 2.22. The topological polar surface area (TPSA) is 83.1 Å². The second kappa shape index (κ2) is 11.7. The minimum absolute atomic E-state index is 0.130. The van der Waals surface area contributed by atoms with E-state index in [1.165, 1.54) is 11.3 Å². The molecule has 2 rings (SSSR count). The first-order chi connectivity index (χ1) is 14.3. The van der Waals surface area contributed by atoms with E-state index in [2.05, 4.69) is 27.9 Å². The molecule has 164 valence electrons. The van der Waals surface area contributed by atoms with Crippen LogP contribution in [0.1, 0.15) is 56.5 Å². The number of nitrogens with zero attached hydrogens (tertiary/aromatic N) is 1. The second-order valence-corrected chi connectivity index (χ2v) is 8.16. The SMILES string of the molecule is CCCNC(C)c1cnc(NC(=O)[C@H](CCC)NC(=O)Cc2cc(F)cc(F)c2)s1. The summed E-state index contributed by atoms with van der Waals surface area (Å²) < 4.78 is 26.6. The van der Waals surface area contributed by atoms with Gasteiger partial charge in [0.1, 0.15) is 17.7 Å². The van der Waals surface area contributed by atoms with Crippen molar-refractivity contribution >= 4 is 28.3 Å². The summed E-state index contributed by atoms with van der Waals surface area (Å²) in [6.07, 6.45) is 3.63. The zero-order valence-corrected chi connectivity index (χ0v) is 18.2. The van der Waals surface area contributed by atoms with Gasteiger partial charge < -0.3 is 16.0 Å². The van der Waals surface area contributed by atoms with E-state index in [9.17, 15) is 18.4 Å². The van der Waals surface area contributed by atoms with Crippen LogP contribution in [0.4, 0.5) is 13.9 Å². The number of hydrogen-bond acceptors (Lipinski definition) is 5. The molecule has 30 heavy (non-hydrogen) atoms. The molecule has 0 spiro atoms. The molecule has 1 heterocycles. The highest BCUT2D eigenvalue weighted by atomic mass is 32.1. The zero-order valence-electron chi connectivity index (χ0n) is 17.4. The average molecular weight is 439 g/mol. The lowest BCUT2D eigenvalue weighted by Crippen LogP contribution is -2.44. The average Bonchev–Trinajstić information content (AvgIpc) is 3.13. The highest BCUT2D eigenvalue weighted by molar-refractivity contribution is 7.15. The largest absolute Gasteiger partial charge is 0.344 e. The van der Waals surface area contributed by atoms with E-state index in [0.717, 1.165) is 36.0 Å². The number of halogens is 2. The van der Waals surface area contributed by atoms with E-state index in [1.54, 1.807) is 6.20 Å². The molecule has 0 aliphatic carbocycles. The lowest BCUT2D eigenvalue weighted by molar-refractivity contribution is -0.126. The van der Waals surface area contributed by atoms with Gasteiger partial charge in [-0.3, -0.25) is 9.59 Å². The predicted molar refractivity (Wildman–Crippen MR) is 114 cm³/mol. The molecule has 0 aliphatic rings. The summed E-state index contributed by atoms with van der Waals surface area (Å²) in [6, 6.07) is 2.32. The maximum Gasteiger partial charge on any atom is 0.248 e. The van der Waals surface area contributed by atoms with Gasteiger partial charge in [0, 0.05) is 23.2 Å². The summed E-state index contributed by atoms with van der Waals surface area (Å²) in [5.41, 5.74) is 0.207. The van der Waals surface area contributed by atoms with E-state index in [0.29, 0.717) is 18.0 Å². The molecule has 0 radical (unpaired) electrons.